The SMILES string of the molecule is COc1ccc(CC(=O)NC(C)c2ccc(S(N)(=O)=O)cc2)cc1OC. The molecule has 2 aromatic carbocycles. The van der Waals surface area contributed by atoms with Gasteiger partial charge < -0.3 is 14.8 Å². The minimum Gasteiger partial charge on any atom is -0.493 e. The molecule has 1 unspecified atom stereocenters. The van der Waals surface area contributed by atoms with Crippen molar-refractivity contribution in [1.29, 1.82) is 0 Å². The Labute approximate surface area is 153 Å². The molecule has 2 aromatic rings. The maximum atomic E-state index is 12.3. The van der Waals surface area contributed by atoms with Gasteiger partial charge in [-0.15, -0.1) is 0 Å². The molecule has 0 heterocycles. The predicted molar refractivity (Wildman–Crippen MR) is 97.6 cm³/mol. The van der Waals surface area contributed by atoms with E-state index in [1.165, 1.54) is 19.2 Å². The number of amides is 1. The number of hydrogen-bond acceptors (Lipinski definition) is 5. The number of primary sulfonamides is 1. The van der Waals surface area contributed by atoms with Crippen molar-refractivity contribution in [1.82, 2.24) is 5.32 Å². The van der Waals surface area contributed by atoms with Crippen LogP contribution in [0.5, 0.6) is 11.5 Å². The van der Waals surface area contributed by atoms with Gasteiger partial charge in [0.15, 0.2) is 11.5 Å². The van der Waals surface area contributed by atoms with Gasteiger partial charge in [-0.2, -0.15) is 0 Å². The number of hydrogen-bond donors (Lipinski definition) is 2. The van der Waals surface area contributed by atoms with Crippen LogP contribution in [0.3, 0.4) is 0 Å². The number of rotatable bonds is 7. The fraction of sp³-hybridized carbons (Fsp3) is 0.278. The molecule has 0 radical (unpaired) electrons. The van der Waals surface area contributed by atoms with Crippen molar-refractivity contribution in [3.8, 4) is 11.5 Å². The number of benzene rings is 2. The molecule has 2 rings (SSSR count). The summed E-state index contributed by atoms with van der Waals surface area (Å²) in [6.07, 6.45) is 0.181. The molecule has 1 amide bonds. The average molecular weight is 378 g/mol. The van der Waals surface area contributed by atoms with Gasteiger partial charge in [-0.05, 0) is 42.3 Å². The van der Waals surface area contributed by atoms with Gasteiger partial charge in [0.2, 0.25) is 15.9 Å². The lowest BCUT2D eigenvalue weighted by Gasteiger charge is -2.15. The second-order valence-corrected chi connectivity index (χ2v) is 7.33. The van der Waals surface area contributed by atoms with E-state index < -0.39 is 10.0 Å². The van der Waals surface area contributed by atoms with Crippen LogP contribution in [-0.4, -0.2) is 28.5 Å². The van der Waals surface area contributed by atoms with Crippen LogP contribution in [0, 0.1) is 0 Å². The van der Waals surface area contributed by atoms with Crippen LogP contribution in [0.25, 0.3) is 0 Å². The first kappa shape index (κ1) is 19.7. The lowest BCUT2D eigenvalue weighted by molar-refractivity contribution is -0.121. The molecule has 3 N–H and O–H groups in total. The number of carbonyl (C=O) groups is 1. The lowest BCUT2D eigenvalue weighted by Crippen LogP contribution is -2.28. The number of methoxy groups -OCH3 is 2. The second-order valence-electron chi connectivity index (χ2n) is 5.77. The summed E-state index contributed by atoms with van der Waals surface area (Å²) in [5.74, 6) is 0.990. The highest BCUT2D eigenvalue weighted by Crippen LogP contribution is 2.27. The Bertz CT molecular complexity index is 879. The zero-order chi connectivity index (χ0) is 19.3. The standard InChI is InChI=1S/C18H22N2O5S/c1-12(14-5-7-15(8-6-14)26(19,22)23)20-18(21)11-13-4-9-16(24-2)17(10-13)25-3/h4-10,12H,11H2,1-3H3,(H,20,21)(H2,19,22,23). The second kappa shape index (κ2) is 8.20. The fourth-order valence-corrected chi connectivity index (χ4v) is 3.01. The first-order valence-corrected chi connectivity index (χ1v) is 9.42. The normalized spacial score (nSPS) is 12.3. The Morgan fingerprint density at radius 2 is 1.69 bits per heavy atom. The molecule has 140 valence electrons. The molecule has 0 aliphatic heterocycles. The summed E-state index contributed by atoms with van der Waals surface area (Å²) in [5, 5.41) is 7.95. The highest BCUT2D eigenvalue weighted by atomic mass is 32.2. The molecule has 0 spiro atoms. The van der Waals surface area contributed by atoms with E-state index in [-0.39, 0.29) is 23.3 Å². The predicted octanol–water partition coefficient (Wildman–Crippen LogP) is 1.77. The maximum absolute atomic E-state index is 12.3. The van der Waals surface area contributed by atoms with Crippen LogP contribution >= 0.6 is 0 Å². The topological polar surface area (TPSA) is 108 Å². The molecule has 26 heavy (non-hydrogen) atoms. The van der Waals surface area contributed by atoms with E-state index in [0.29, 0.717) is 11.5 Å². The fourth-order valence-electron chi connectivity index (χ4n) is 2.50. The minimum absolute atomic E-state index is 0.0325. The van der Waals surface area contributed by atoms with Crippen molar-refractivity contribution < 1.29 is 22.7 Å². The van der Waals surface area contributed by atoms with E-state index in [0.717, 1.165) is 11.1 Å². The van der Waals surface area contributed by atoms with Gasteiger partial charge in [0.25, 0.3) is 0 Å². The Morgan fingerprint density at radius 3 is 2.23 bits per heavy atom. The summed E-state index contributed by atoms with van der Waals surface area (Å²) in [5.41, 5.74) is 1.56. The third kappa shape index (κ3) is 4.96. The largest absolute Gasteiger partial charge is 0.493 e. The Morgan fingerprint density at radius 1 is 1.08 bits per heavy atom. The summed E-state index contributed by atoms with van der Waals surface area (Å²) < 4.78 is 33.0. The highest BCUT2D eigenvalue weighted by Gasteiger charge is 2.13. The molecule has 0 aliphatic rings. The Balaban J connectivity index is 2.03. The van der Waals surface area contributed by atoms with E-state index in [2.05, 4.69) is 5.32 Å². The summed E-state index contributed by atoms with van der Waals surface area (Å²) in [6.45, 7) is 1.82. The van der Waals surface area contributed by atoms with Gasteiger partial charge in [-0.3, -0.25) is 4.79 Å². The van der Waals surface area contributed by atoms with E-state index in [1.54, 1.807) is 37.4 Å². The van der Waals surface area contributed by atoms with Crippen LogP contribution in [-0.2, 0) is 21.2 Å². The molecular weight excluding hydrogens is 356 g/mol. The van der Waals surface area contributed by atoms with Gasteiger partial charge in [-0.25, -0.2) is 13.6 Å². The zero-order valence-electron chi connectivity index (χ0n) is 14.9. The third-order valence-corrected chi connectivity index (χ3v) is 4.83. The minimum atomic E-state index is -3.73. The summed E-state index contributed by atoms with van der Waals surface area (Å²) >= 11 is 0. The van der Waals surface area contributed by atoms with Gasteiger partial charge >= 0.3 is 0 Å². The van der Waals surface area contributed by atoms with E-state index >= 15 is 0 Å². The number of nitrogens with one attached hydrogen (secondary N) is 1. The zero-order valence-corrected chi connectivity index (χ0v) is 15.7. The van der Waals surface area contributed by atoms with E-state index in [1.807, 2.05) is 6.92 Å². The Hall–Kier alpha value is -2.58. The van der Waals surface area contributed by atoms with Gasteiger partial charge in [0, 0.05) is 0 Å². The molecule has 0 fully saturated rings. The highest BCUT2D eigenvalue weighted by molar-refractivity contribution is 7.89. The monoisotopic (exact) mass is 378 g/mol. The number of carbonyl (C=O) groups excluding carboxylic acids is 1. The van der Waals surface area contributed by atoms with Crippen LogP contribution in [0.2, 0.25) is 0 Å². The van der Waals surface area contributed by atoms with Gasteiger partial charge in [0.1, 0.15) is 0 Å². The van der Waals surface area contributed by atoms with Crippen LogP contribution in [0.15, 0.2) is 47.4 Å². The smallest absolute Gasteiger partial charge is 0.238 e. The Kier molecular flexibility index (Phi) is 6.23. The summed E-state index contributed by atoms with van der Waals surface area (Å²) in [6, 6.07) is 11.1. The van der Waals surface area contributed by atoms with E-state index in [4.69, 9.17) is 14.6 Å². The van der Waals surface area contributed by atoms with Crippen molar-refractivity contribution in [2.45, 2.75) is 24.3 Å². The molecule has 0 bridgehead atoms. The van der Waals surface area contributed by atoms with Crippen molar-refractivity contribution in [3.05, 3.63) is 53.6 Å². The summed E-state index contributed by atoms with van der Waals surface area (Å²) in [7, 11) is -0.646. The van der Waals surface area contributed by atoms with Gasteiger partial charge in [0.05, 0.1) is 31.6 Å². The molecule has 7 nitrogen and oxygen atoms in total. The lowest BCUT2D eigenvalue weighted by atomic mass is 10.1. The maximum Gasteiger partial charge on any atom is 0.238 e. The molecular formula is C18H22N2O5S. The molecule has 1 atom stereocenters. The van der Waals surface area contributed by atoms with Crippen LogP contribution < -0.4 is 19.9 Å². The number of nitrogens with two attached hydrogens (primary N) is 1. The van der Waals surface area contributed by atoms with Crippen molar-refractivity contribution in [3.63, 3.8) is 0 Å². The van der Waals surface area contributed by atoms with Crippen molar-refractivity contribution >= 4 is 15.9 Å². The molecule has 0 saturated heterocycles. The molecule has 0 aromatic heterocycles. The van der Waals surface area contributed by atoms with Crippen molar-refractivity contribution in [2.24, 2.45) is 5.14 Å². The number of sulfonamides is 1. The first-order valence-electron chi connectivity index (χ1n) is 7.87. The first-order chi connectivity index (χ1) is 12.2. The quantitative estimate of drug-likeness (QED) is 0.763. The van der Waals surface area contributed by atoms with Crippen molar-refractivity contribution in [2.75, 3.05) is 14.2 Å². The third-order valence-electron chi connectivity index (χ3n) is 3.90. The average Bonchev–Trinajstić information content (AvgIpc) is 2.60. The molecule has 0 saturated carbocycles. The number of ether oxygens (including phenoxy) is 2. The van der Waals surface area contributed by atoms with E-state index in [9.17, 15) is 13.2 Å². The van der Waals surface area contributed by atoms with Crippen LogP contribution in [0.4, 0.5) is 0 Å². The molecule has 0 aliphatic carbocycles. The molecule has 8 heteroatoms. The van der Waals surface area contributed by atoms with Crippen LogP contribution in [0.1, 0.15) is 24.1 Å². The summed E-state index contributed by atoms with van der Waals surface area (Å²) in [4.78, 5) is 12.3. The van der Waals surface area contributed by atoms with Gasteiger partial charge in [-0.1, -0.05) is 18.2 Å².